The van der Waals surface area contributed by atoms with Gasteiger partial charge in [0.2, 0.25) is 0 Å². The number of hydrogen-bond acceptors (Lipinski definition) is 6. The molecule has 1 aliphatic rings. The summed E-state index contributed by atoms with van der Waals surface area (Å²) in [6, 6.07) is 5.03. The SMILES string of the molecule is COc1ccc(C(=O)N=c2c(Cl)cn(O)cc2Cl)c2cc(COC3CCN(C)CC3)oc12. The zero-order valence-electron chi connectivity index (χ0n) is 17.7. The van der Waals surface area contributed by atoms with Crippen molar-refractivity contribution in [1.82, 2.24) is 9.63 Å². The Labute approximate surface area is 194 Å². The lowest BCUT2D eigenvalue weighted by atomic mass is 10.1. The zero-order chi connectivity index (χ0) is 22.8. The van der Waals surface area contributed by atoms with E-state index in [0.717, 1.165) is 25.9 Å². The largest absolute Gasteiger partial charge is 0.493 e. The van der Waals surface area contributed by atoms with Crippen molar-refractivity contribution < 1.29 is 23.9 Å². The van der Waals surface area contributed by atoms with Gasteiger partial charge in [-0.25, -0.2) is 4.99 Å². The van der Waals surface area contributed by atoms with Gasteiger partial charge in [-0.1, -0.05) is 23.2 Å². The minimum atomic E-state index is -0.555. The molecule has 2 aromatic heterocycles. The van der Waals surface area contributed by atoms with Crippen LogP contribution in [0.1, 0.15) is 29.0 Å². The van der Waals surface area contributed by atoms with Crippen molar-refractivity contribution >= 4 is 40.1 Å². The minimum absolute atomic E-state index is 0.0394. The lowest BCUT2D eigenvalue weighted by Gasteiger charge is -2.28. The molecule has 32 heavy (non-hydrogen) atoms. The molecule has 3 heterocycles. The lowest BCUT2D eigenvalue weighted by molar-refractivity contribution is -0.00433. The van der Waals surface area contributed by atoms with Crippen LogP contribution in [0.2, 0.25) is 10.0 Å². The van der Waals surface area contributed by atoms with Crippen LogP contribution in [-0.4, -0.2) is 54.1 Å². The maximum Gasteiger partial charge on any atom is 0.278 e. The Kier molecular flexibility index (Phi) is 6.76. The van der Waals surface area contributed by atoms with Gasteiger partial charge in [-0.2, -0.15) is 4.73 Å². The Morgan fingerprint density at radius 2 is 1.94 bits per heavy atom. The van der Waals surface area contributed by atoms with Crippen molar-refractivity contribution in [2.45, 2.75) is 25.6 Å². The number of halogens is 2. The van der Waals surface area contributed by atoms with E-state index in [0.29, 0.717) is 39.4 Å². The van der Waals surface area contributed by atoms with Crippen LogP contribution >= 0.6 is 23.2 Å². The Balaban J connectivity index is 1.65. The van der Waals surface area contributed by atoms with Crippen molar-refractivity contribution in [1.29, 1.82) is 0 Å². The third kappa shape index (κ3) is 4.78. The fourth-order valence-electron chi connectivity index (χ4n) is 3.69. The molecule has 1 saturated heterocycles. The van der Waals surface area contributed by atoms with E-state index in [1.807, 2.05) is 0 Å². The molecule has 1 aromatic carbocycles. The first-order chi connectivity index (χ1) is 15.4. The van der Waals surface area contributed by atoms with Gasteiger partial charge < -0.3 is 24.0 Å². The summed E-state index contributed by atoms with van der Waals surface area (Å²) >= 11 is 12.2. The van der Waals surface area contributed by atoms with Crippen LogP contribution in [0, 0.1) is 0 Å². The second-order valence-corrected chi connectivity index (χ2v) is 8.50. The maximum absolute atomic E-state index is 13.0. The molecule has 4 rings (SSSR count). The van der Waals surface area contributed by atoms with Crippen LogP contribution < -0.4 is 10.1 Å². The number of nitrogens with zero attached hydrogens (tertiary/aromatic N) is 3. The fourth-order valence-corrected chi connectivity index (χ4v) is 4.23. The highest BCUT2D eigenvalue weighted by molar-refractivity contribution is 6.34. The highest BCUT2D eigenvalue weighted by Gasteiger charge is 2.20. The van der Waals surface area contributed by atoms with Crippen LogP contribution in [0.5, 0.6) is 5.75 Å². The molecule has 170 valence electrons. The number of pyridine rings is 1. The summed E-state index contributed by atoms with van der Waals surface area (Å²) in [6.07, 6.45) is 4.50. The molecule has 1 N–H and O–H groups in total. The quantitative estimate of drug-likeness (QED) is 0.553. The van der Waals surface area contributed by atoms with Crippen molar-refractivity contribution in [2.24, 2.45) is 4.99 Å². The van der Waals surface area contributed by atoms with Gasteiger partial charge in [0, 0.05) is 18.5 Å². The summed E-state index contributed by atoms with van der Waals surface area (Å²) in [4.78, 5) is 19.3. The first-order valence-corrected chi connectivity index (χ1v) is 10.9. The number of carbonyl (C=O) groups excluding carboxylic acids is 1. The van der Waals surface area contributed by atoms with Gasteiger partial charge in [0.1, 0.15) is 17.7 Å². The third-order valence-corrected chi connectivity index (χ3v) is 5.99. The molecule has 1 aliphatic heterocycles. The monoisotopic (exact) mass is 479 g/mol. The molecule has 0 unspecified atom stereocenters. The second-order valence-electron chi connectivity index (χ2n) is 7.68. The van der Waals surface area contributed by atoms with E-state index in [-0.39, 0.29) is 21.5 Å². The Morgan fingerprint density at radius 3 is 2.59 bits per heavy atom. The van der Waals surface area contributed by atoms with Crippen LogP contribution in [0.3, 0.4) is 0 Å². The van der Waals surface area contributed by atoms with Gasteiger partial charge in [-0.05, 0) is 38.1 Å². The number of fused-ring (bicyclic) bond motifs is 1. The van der Waals surface area contributed by atoms with E-state index in [9.17, 15) is 10.0 Å². The number of hydrogen-bond donors (Lipinski definition) is 1. The first kappa shape index (κ1) is 22.7. The van der Waals surface area contributed by atoms with Gasteiger partial charge in [-0.3, -0.25) is 4.79 Å². The molecule has 0 radical (unpaired) electrons. The van der Waals surface area contributed by atoms with Crippen LogP contribution in [0.25, 0.3) is 11.0 Å². The summed E-state index contributed by atoms with van der Waals surface area (Å²) in [5, 5.41) is 10.2. The number of carbonyl (C=O) groups is 1. The number of piperidine rings is 1. The summed E-state index contributed by atoms with van der Waals surface area (Å²) in [6.45, 7) is 2.29. The van der Waals surface area contributed by atoms with Gasteiger partial charge in [0.15, 0.2) is 11.3 Å². The van der Waals surface area contributed by atoms with Crippen molar-refractivity contribution in [3.05, 3.63) is 57.3 Å². The number of amides is 1. The molecule has 0 aliphatic carbocycles. The number of benzene rings is 1. The molecule has 0 bridgehead atoms. The lowest BCUT2D eigenvalue weighted by Crippen LogP contribution is -2.34. The maximum atomic E-state index is 13.0. The Hall–Kier alpha value is -2.52. The smallest absolute Gasteiger partial charge is 0.278 e. The normalized spacial score (nSPS) is 15.2. The standard InChI is InChI=1S/C22H23Cl2N3O5/c1-26-7-5-13(6-8-26)31-12-14-9-16-15(3-4-19(30-2)21(16)32-14)22(28)25-20-17(23)10-27(29)11-18(20)24/h3-4,9-11,13,29H,5-8,12H2,1-2H3. The number of likely N-dealkylation sites (tertiary alicyclic amines) is 1. The molecular weight excluding hydrogens is 457 g/mol. The Morgan fingerprint density at radius 1 is 1.25 bits per heavy atom. The fraction of sp³-hybridized carbons (Fsp3) is 0.364. The predicted molar refractivity (Wildman–Crippen MR) is 120 cm³/mol. The molecule has 10 heteroatoms. The molecule has 0 spiro atoms. The van der Waals surface area contributed by atoms with Crippen LogP contribution in [0.4, 0.5) is 0 Å². The summed E-state index contributed by atoms with van der Waals surface area (Å²) < 4.78 is 18.1. The molecule has 3 aromatic rings. The van der Waals surface area contributed by atoms with E-state index >= 15 is 0 Å². The summed E-state index contributed by atoms with van der Waals surface area (Å²) in [5.74, 6) is 0.537. The van der Waals surface area contributed by atoms with Gasteiger partial charge >= 0.3 is 0 Å². The average molecular weight is 480 g/mol. The van der Waals surface area contributed by atoms with Gasteiger partial charge in [0.05, 0.1) is 41.2 Å². The second kappa shape index (κ2) is 9.54. The number of furan rings is 1. The predicted octanol–water partition coefficient (Wildman–Crippen LogP) is 4.14. The molecule has 0 atom stereocenters. The summed E-state index contributed by atoms with van der Waals surface area (Å²) in [5.41, 5.74) is 0.747. The highest BCUT2D eigenvalue weighted by Crippen LogP contribution is 2.32. The number of rotatable bonds is 5. The highest BCUT2D eigenvalue weighted by atomic mass is 35.5. The van der Waals surface area contributed by atoms with E-state index in [1.165, 1.54) is 19.5 Å². The van der Waals surface area contributed by atoms with Crippen LogP contribution in [0.15, 0.2) is 40.0 Å². The van der Waals surface area contributed by atoms with Gasteiger partial charge in [-0.15, -0.1) is 0 Å². The summed E-state index contributed by atoms with van der Waals surface area (Å²) in [7, 11) is 3.63. The molecule has 0 saturated carbocycles. The number of aromatic nitrogens is 1. The topological polar surface area (TPSA) is 89.4 Å². The number of ether oxygens (including phenoxy) is 2. The molecule has 1 amide bonds. The van der Waals surface area contributed by atoms with Crippen molar-refractivity contribution in [3.63, 3.8) is 0 Å². The first-order valence-electron chi connectivity index (χ1n) is 10.1. The number of methoxy groups -OCH3 is 1. The Bertz CT molecular complexity index is 1190. The minimum Gasteiger partial charge on any atom is -0.493 e. The van der Waals surface area contributed by atoms with E-state index in [1.54, 1.807) is 18.2 Å². The average Bonchev–Trinajstić information content (AvgIpc) is 3.19. The van der Waals surface area contributed by atoms with E-state index < -0.39 is 5.91 Å². The van der Waals surface area contributed by atoms with Crippen molar-refractivity contribution in [2.75, 3.05) is 27.2 Å². The third-order valence-electron chi connectivity index (χ3n) is 5.43. The van der Waals surface area contributed by atoms with E-state index in [4.69, 9.17) is 37.1 Å². The molecule has 1 fully saturated rings. The van der Waals surface area contributed by atoms with Gasteiger partial charge in [0.25, 0.3) is 5.91 Å². The molecule has 8 nitrogen and oxygen atoms in total. The van der Waals surface area contributed by atoms with Crippen molar-refractivity contribution in [3.8, 4) is 5.75 Å². The molecular formula is C22H23Cl2N3O5. The van der Waals surface area contributed by atoms with E-state index in [2.05, 4.69) is 16.9 Å². The zero-order valence-corrected chi connectivity index (χ0v) is 19.2. The van der Waals surface area contributed by atoms with Crippen LogP contribution in [-0.2, 0) is 11.3 Å².